The molecular weight excluding hydrogens is 813 g/mol. The van der Waals surface area contributed by atoms with Crippen molar-refractivity contribution in [3.8, 4) is 11.5 Å². The van der Waals surface area contributed by atoms with Gasteiger partial charge in [0.1, 0.15) is 21.3 Å². The Hall–Kier alpha value is -5.97. The van der Waals surface area contributed by atoms with Gasteiger partial charge in [-0.05, 0) is 85.6 Å². The summed E-state index contributed by atoms with van der Waals surface area (Å²) in [5.41, 5.74) is 0.461. The van der Waals surface area contributed by atoms with Crippen molar-refractivity contribution in [3.05, 3.63) is 108 Å². The summed E-state index contributed by atoms with van der Waals surface area (Å²) >= 11 is 0. The van der Waals surface area contributed by atoms with Gasteiger partial charge in [0.25, 0.3) is 40.3 Å². The summed E-state index contributed by atoms with van der Waals surface area (Å²) < 4.78 is 126. The van der Waals surface area contributed by atoms with E-state index in [9.17, 15) is 57.8 Å². The molecule has 0 atom stereocenters. The Morgan fingerprint density at radius 3 is 1.21 bits per heavy atom. The Bertz CT molecular complexity index is 2880. The monoisotopic (exact) mass is 842 g/mol. The number of rotatable bonds is 10. The summed E-state index contributed by atoms with van der Waals surface area (Å²) in [6.07, 6.45) is 0. The summed E-state index contributed by atoms with van der Waals surface area (Å²) in [4.78, 5) is 10.6. The standard InChI is InChI=1S/C35H30N4O13S4/c1-19-9-11-21(17-29(19)36-27-15-13-23-25(5-3-7-31(23)40)33(27)55(47,48)49)53(43,44)38-35(42)39-54(45,46)22-12-10-20(2)30(18-22)37-28-16-14-24-26(6-4-8-32(24)41)34(28)56(50,51)52/h3-18,36-37,40-41H,1-2H3,(H2,38,39,42)(H,47,48,49)(H,50,51,52). The maximum absolute atomic E-state index is 13.3. The Balaban J connectivity index is 1.25. The minimum Gasteiger partial charge on any atom is -0.507 e. The Morgan fingerprint density at radius 1 is 0.482 bits per heavy atom. The van der Waals surface area contributed by atoms with Crippen LogP contribution in [0.3, 0.4) is 0 Å². The Kier molecular flexibility index (Phi) is 10.1. The van der Waals surface area contributed by atoms with E-state index in [1.807, 2.05) is 0 Å². The van der Waals surface area contributed by atoms with E-state index in [-0.39, 0.29) is 55.8 Å². The molecule has 0 saturated carbocycles. The molecule has 2 amide bonds. The average molecular weight is 843 g/mol. The molecule has 0 aromatic heterocycles. The Morgan fingerprint density at radius 2 is 0.857 bits per heavy atom. The third-order valence-electron chi connectivity index (χ3n) is 8.53. The largest absolute Gasteiger partial charge is 0.507 e. The van der Waals surface area contributed by atoms with Gasteiger partial charge in [-0.1, -0.05) is 36.4 Å². The summed E-state index contributed by atoms with van der Waals surface area (Å²) in [5, 5.41) is 26.1. The van der Waals surface area contributed by atoms with Crippen LogP contribution in [0.4, 0.5) is 27.5 Å². The van der Waals surface area contributed by atoms with Crippen LogP contribution in [0.2, 0.25) is 0 Å². The van der Waals surface area contributed by atoms with E-state index in [2.05, 4.69) is 10.6 Å². The molecule has 0 saturated heterocycles. The van der Waals surface area contributed by atoms with Gasteiger partial charge in [0.2, 0.25) is 0 Å². The number of urea groups is 1. The fourth-order valence-electron chi connectivity index (χ4n) is 5.86. The number of fused-ring (bicyclic) bond motifs is 2. The minimum atomic E-state index is -4.90. The molecule has 0 fully saturated rings. The van der Waals surface area contributed by atoms with Gasteiger partial charge in [0, 0.05) is 32.9 Å². The van der Waals surface area contributed by atoms with E-state index in [0.29, 0.717) is 11.1 Å². The number of sulfonamides is 2. The zero-order valence-electron chi connectivity index (χ0n) is 28.8. The van der Waals surface area contributed by atoms with Crippen molar-refractivity contribution >= 4 is 90.6 Å². The van der Waals surface area contributed by atoms with Gasteiger partial charge in [-0.15, -0.1) is 0 Å². The number of anilines is 4. The lowest BCUT2D eigenvalue weighted by Gasteiger charge is -2.17. The summed E-state index contributed by atoms with van der Waals surface area (Å²) in [6, 6.07) is 18.5. The highest BCUT2D eigenvalue weighted by Crippen LogP contribution is 2.38. The fourth-order valence-corrected chi connectivity index (χ4v) is 9.50. The zero-order valence-corrected chi connectivity index (χ0v) is 32.1. The molecule has 0 spiro atoms. The first-order valence-corrected chi connectivity index (χ1v) is 21.7. The lowest BCUT2D eigenvalue weighted by atomic mass is 10.1. The SMILES string of the molecule is Cc1ccc(S(=O)(=O)NC(=O)NS(=O)(=O)c2ccc(C)c(Nc3ccc4c(O)cccc4c3S(=O)(=O)O)c2)cc1Nc1ccc2c(O)cccc2c1S(=O)(=O)O. The van der Waals surface area contributed by atoms with Crippen LogP contribution in [0.5, 0.6) is 11.5 Å². The first-order valence-electron chi connectivity index (χ1n) is 15.9. The molecule has 0 bridgehead atoms. The van der Waals surface area contributed by atoms with Gasteiger partial charge in [0.05, 0.1) is 21.2 Å². The molecule has 6 aromatic carbocycles. The van der Waals surface area contributed by atoms with Crippen molar-refractivity contribution in [3.63, 3.8) is 0 Å². The van der Waals surface area contributed by atoms with Crippen LogP contribution in [0.25, 0.3) is 21.5 Å². The van der Waals surface area contributed by atoms with Gasteiger partial charge >= 0.3 is 6.03 Å². The lowest BCUT2D eigenvalue weighted by Crippen LogP contribution is -2.42. The molecule has 6 aromatic rings. The molecule has 21 heteroatoms. The van der Waals surface area contributed by atoms with E-state index >= 15 is 0 Å². The number of nitrogens with one attached hydrogen (secondary N) is 4. The number of hydrogen-bond acceptors (Lipinski definition) is 13. The van der Waals surface area contributed by atoms with Crippen LogP contribution in [-0.2, 0) is 40.3 Å². The smallest absolute Gasteiger partial charge is 0.342 e. The van der Waals surface area contributed by atoms with Crippen molar-refractivity contribution in [1.82, 2.24) is 9.44 Å². The predicted molar refractivity (Wildman–Crippen MR) is 206 cm³/mol. The minimum absolute atomic E-state index is 0.0189. The highest BCUT2D eigenvalue weighted by atomic mass is 32.2. The van der Waals surface area contributed by atoms with Crippen molar-refractivity contribution < 1.29 is 57.8 Å². The van der Waals surface area contributed by atoms with E-state index in [1.165, 1.54) is 72.8 Å². The molecule has 0 aliphatic rings. The summed E-state index contributed by atoms with van der Waals surface area (Å²) in [5.74, 6) is -0.515. The predicted octanol–water partition coefficient (Wildman–Crippen LogP) is 5.38. The number of carbonyl (C=O) groups excluding carboxylic acids is 1. The maximum atomic E-state index is 13.3. The third kappa shape index (κ3) is 7.89. The number of aromatic hydroxyl groups is 2. The van der Waals surface area contributed by atoms with Gasteiger partial charge in [0.15, 0.2) is 0 Å². The van der Waals surface area contributed by atoms with Crippen molar-refractivity contribution in [1.29, 1.82) is 0 Å². The normalized spacial score (nSPS) is 12.4. The van der Waals surface area contributed by atoms with Crippen LogP contribution in [0.1, 0.15) is 11.1 Å². The second-order valence-electron chi connectivity index (χ2n) is 12.3. The average Bonchev–Trinajstić information content (AvgIpc) is 3.08. The van der Waals surface area contributed by atoms with Crippen LogP contribution in [-0.4, -0.2) is 59.0 Å². The molecule has 0 heterocycles. The number of phenols is 2. The lowest BCUT2D eigenvalue weighted by molar-refractivity contribution is 0.250. The van der Waals surface area contributed by atoms with E-state index < -0.39 is 65.9 Å². The van der Waals surface area contributed by atoms with Crippen molar-refractivity contribution in [2.24, 2.45) is 0 Å². The fraction of sp³-hybridized carbons (Fsp3) is 0.0571. The van der Waals surface area contributed by atoms with Crippen molar-refractivity contribution in [2.45, 2.75) is 33.4 Å². The highest BCUT2D eigenvalue weighted by molar-refractivity contribution is 7.91. The van der Waals surface area contributed by atoms with Gasteiger partial charge < -0.3 is 20.8 Å². The Labute approximate surface area is 320 Å². The molecule has 56 heavy (non-hydrogen) atoms. The van der Waals surface area contributed by atoms with E-state index in [4.69, 9.17) is 0 Å². The molecule has 0 radical (unpaired) electrons. The third-order valence-corrected chi connectivity index (χ3v) is 13.1. The molecule has 17 nitrogen and oxygen atoms in total. The van der Waals surface area contributed by atoms with Crippen LogP contribution in [0.15, 0.2) is 117 Å². The second-order valence-corrected chi connectivity index (χ2v) is 18.4. The topological polar surface area (TPSA) is 283 Å². The number of aryl methyl sites for hydroxylation is 2. The number of carbonyl (C=O) groups is 1. The number of phenolic OH excluding ortho intramolecular Hbond substituents is 2. The van der Waals surface area contributed by atoms with Crippen LogP contribution in [0, 0.1) is 13.8 Å². The molecule has 8 N–H and O–H groups in total. The number of benzene rings is 6. The molecule has 6 rings (SSSR count). The van der Waals surface area contributed by atoms with E-state index in [1.54, 1.807) is 23.3 Å². The quantitative estimate of drug-likeness (QED) is 0.0804. The van der Waals surface area contributed by atoms with Crippen molar-refractivity contribution in [2.75, 3.05) is 10.6 Å². The molecular formula is C35H30N4O13S4. The van der Waals surface area contributed by atoms with Gasteiger partial charge in [-0.25, -0.2) is 31.1 Å². The molecule has 0 aliphatic carbocycles. The number of hydrogen-bond donors (Lipinski definition) is 8. The first-order chi connectivity index (χ1) is 26.1. The number of amides is 2. The van der Waals surface area contributed by atoms with Crippen LogP contribution < -0.4 is 20.1 Å². The maximum Gasteiger partial charge on any atom is 0.342 e. The molecule has 0 unspecified atom stereocenters. The first kappa shape index (κ1) is 39.7. The highest BCUT2D eigenvalue weighted by Gasteiger charge is 2.27. The summed E-state index contributed by atoms with van der Waals surface area (Å²) in [6.45, 7) is 3.09. The van der Waals surface area contributed by atoms with E-state index in [0.717, 1.165) is 24.3 Å². The van der Waals surface area contributed by atoms with Gasteiger partial charge in [-0.2, -0.15) is 16.8 Å². The zero-order chi connectivity index (χ0) is 41.0. The summed E-state index contributed by atoms with van der Waals surface area (Å²) in [7, 11) is -19.4. The van der Waals surface area contributed by atoms with Gasteiger partial charge in [-0.3, -0.25) is 9.11 Å². The second kappa shape index (κ2) is 14.3. The molecule has 0 aliphatic heterocycles. The van der Waals surface area contributed by atoms with Crippen LogP contribution >= 0.6 is 0 Å². The molecule has 292 valence electrons.